The van der Waals surface area contributed by atoms with Crippen LogP contribution >= 0.6 is 11.8 Å². The Labute approximate surface area is 249 Å². The van der Waals surface area contributed by atoms with Gasteiger partial charge in [-0.2, -0.15) is 5.26 Å². The van der Waals surface area contributed by atoms with Gasteiger partial charge in [0.2, 0.25) is 5.91 Å². The number of amides is 1. The normalized spacial score (nSPS) is 15.0. The van der Waals surface area contributed by atoms with E-state index in [9.17, 15) is 10.1 Å². The molecule has 0 aliphatic carbocycles. The molecule has 1 amide bonds. The Kier molecular flexibility index (Phi) is 10.4. The molecule has 6 nitrogen and oxygen atoms in total. The monoisotopic (exact) mass is 571 g/mol. The molecule has 7 heteroatoms. The molecule has 0 saturated carbocycles. The van der Waals surface area contributed by atoms with Crippen molar-refractivity contribution in [1.29, 1.82) is 5.26 Å². The summed E-state index contributed by atoms with van der Waals surface area (Å²) in [7, 11) is 3.33. The average molecular weight is 572 g/mol. The van der Waals surface area contributed by atoms with Crippen LogP contribution in [-0.2, 0) is 16.0 Å². The molecular formula is C34H41N3O3S. The van der Waals surface area contributed by atoms with Gasteiger partial charge in [0.05, 0.1) is 26.0 Å². The quantitative estimate of drug-likeness (QED) is 0.211. The van der Waals surface area contributed by atoms with Crippen LogP contribution in [0.25, 0.3) is 0 Å². The molecule has 3 aromatic carbocycles. The molecule has 0 bridgehead atoms. The molecule has 4 rings (SSSR count). The summed E-state index contributed by atoms with van der Waals surface area (Å²) in [5.41, 5.74) is 4.33. The third-order valence-corrected chi connectivity index (χ3v) is 9.48. The van der Waals surface area contributed by atoms with Gasteiger partial charge in [-0.3, -0.25) is 9.69 Å². The number of hydrogen-bond donors (Lipinski definition) is 0. The third-order valence-electron chi connectivity index (χ3n) is 8.09. The number of carbonyl (C=O) groups excluding carboxylic acids is 1. The van der Waals surface area contributed by atoms with Crippen LogP contribution in [0.4, 0.5) is 5.69 Å². The summed E-state index contributed by atoms with van der Waals surface area (Å²) in [6.45, 7) is 8.50. The Morgan fingerprint density at radius 1 is 1.12 bits per heavy atom. The van der Waals surface area contributed by atoms with E-state index in [1.54, 1.807) is 32.9 Å². The summed E-state index contributed by atoms with van der Waals surface area (Å²) in [6, 6.07) is 25.1. The molecule has 0 fully saturated rings. The Bertz CT molecular complexity index is 1370. The van der Waals surface area contributed by atoms with E-state index >= 15 is 0 Å². The lowest BCUT2D eigenvalue weighted by atomic mass is 9.91. The maximum absolute atomic E-state index is 12.5. The van der Waals surface area contributed by atoms with Crippen molar-refractivity contribution in [3.05, 3.63) is 83.4 Å². The highest BCUT2D eigenvalue weighted by Crippen LogP contribution is 2.46. The number of benzene rings is 3. The number of anilines is 1. The first-order valence-corrected chi connectivity index (χ1v) is 15.2. The van der Waals surface area contributed by atoms with Crippen molar-refractivity contribution in [3.8, 4) is 17.6 Å². The summed E-state index contributed by atoms with van der Waals surface area (Å²) in [4.78, 5) is 17.9. The van der Waals surface area contributed by atoms with Crippen molar-refractivity contribution < 1.29 is 14.3 Å². The van der Waals surface area contributed by atoms with Gasteiger partial charge < -0.3 is 14.4 Å². The van der Waals surface area contributed by atoms with Crippen molar-refractivity contribution in [3.63, 3.8) is 0 Å². The number of thioether (sulfide) groups is 1. The zero-order valence-corrected chi connectivity index (χ0v) is 25.7. The van der Waals surface area contributed by atoms with Crippen LogP contribution in [0.3, 0.4) is 0 Å². The van der Waals surface area contributed by atoms with Gasteiger partial charge in [-0.15, -0.1) is 0 Å². The highest BCUT2D eigenvalue weighted by Gasteiger charge is 2.35. The van der Waals surface area contributed by atoms with E-state index < -0.39 is 4.75 Å². The van der Waals surface area contributed by atoms with Crippen LogP contribution in [0.5, 0.6) is 11.5 Å². The number of nitriles is 1. The second-order valence-electron chi connectivity index (χ2n) is 10.5. The minimum Gasteiger partial charge on any atom is -0.497 e. The second kappa shape index (κ2) is 13.9. The van der Waals surface area contributed by atoms with Gasteiger partial charge in [0.15, 0.2) is 0 Å². The molecule has 0 saturated heterocycles. The van der Waals surface area contributed by atoms with Crippen LogP contribution in [0.2, 0.25) is 0 Å². The standard InChI is InChI=1S/C34H41N3O3S/c1-6-36(25(2)30-18-19-32(40-5)33-31(30)17-11-22-37(33)26(3)38)21-12-20-34(24-35,41-29-15-8-7-9-16-29)27-13-10-14-28(23-27)39-4/h7-10,13-16,18-19,23,25H,6,11-12,17,20-22H2,1-5H3. The van der Waals surface area contributed by atoms with Crippen LogP contribution in [-0.4, -0.2) is 44.7 Å². The molecule has 216 valence electrons. The van der Waals surface area contributed by atoms with E-state index in [2.05, 4.69) is 43.0 Å². The van der Waals surface area contributed by atoms with Gasteiger partial charge >= 0.3 is 0 Å². The molecule has 1 aliphatic heterocycles. The molecule has 2 atom stereocenters. The van der Waals surface area contributed by atoms with Gasteiger partial charge in [0, 0.05) is 24.4 Å². The topological polar surface area (TPSA) is 65.8 Å². The molecule has 3 aromatic rings. The molecule has 0 aromatic heterocycles. The van der Waals surface area contributed by atoms with Gasteiger partial charge in [-0.05, 0) is 92.7 Å². The number of nitrogens with zero attached hydrogens (tertiary/aromatic N) is 3. The van der Waals surface area contributed by atoms with Crippen molar-refractivity contribution in [2.75, 3.05) is 38.8 Å². The first kappa shape index (κ1) is 30.5. The van der Waals surface area contributed by atoms with Crippen molar-refractivity contribution >= 4 is 23.4 Å². The summed E-state index contributed by atoms with van der Waals surface area (Å²) in [5, 5.41) is 10.6. The maximum atomic E-state index is 12.5. The number of fused-ring (bicyclic) bond motifs is 1. The van der Waals surface area contributed by atoms with E-state index in [4.69, 9.17) is 9.47 Å². The molecule has 0 N–H and O–H groups in total. The van der Waals surface area contributed by atoms with Crippen LogP contribution < -0.4 is 14.4 Å². The van der Waals surface area contributed by atoms with Gasteiger partial charge in [0.1, 0.15) is 16.2 Å². The highest BCUT2D eigenvalue weighted by atomic mass is 32.2. The van der Waals surface area contributed by atoms with Crippen molar-refractivity contribution in [2.24, 2.45) is 0 Å². The minimum absolute atomic E-state index is 0.0442. The summed E-state index contributed by atoms with van der Waals surface area (Å²) < 4.78 is 10.4. The van der Waals surface area contributed by atoms with Crippen LogP contribution in [0, 0.1) is 11.3 Å². The predicted octanol–water partition coefficient (Wildman–Crippen LogP) is 7.38. The Balaban J connectivity index is 1.59. The molecule has 41 heavy (non-hydrogen) atoms. The SMILES string of the molecule is CCN(CCCC(C#N)(Sc1ccccc1)c1cccc(OC)c1)C(C)c1ccc(OC)c2c1CCCN2C(C)=O. The molecular weight excluding hydrogens is 530 g/mol. The Morgan fingerprint density at radius 3 is 2.56 bits per heavy atom. The zero-order valence-electron chi connectivity index (χ0n) is 24.9. The predicted molar refractivity (Wildman–Crippen MR) is 167 cm³/mol. The lowest BCUT2D eigenvalue weighted by Gasteiger charge is -2.36. The largest absolute Gasteiger partial charge is 0.497 e. The first-order chi connectivity index (χ1) is 19.9. The number of rotatable bonds is 12. The van der Waals surface area contributed by atoms with Crippen LogP contribution in [0.15, 0.2) is 71.6 Å². The minimum atomic E-state index is -0.750. The number of methoxy groups -OCH3 is 2. The average Bonchev–Trinajstić information content (AvgIpc) is 3.01. The molecule has 1 heterocycles. The number of carbonyl (C=O) groups is 1. The van der Waals surface area contributed by atoms with E-state index in [-0.39, 0.29) is 11.9 Å². The fraction of sp³-hybridized carbons (Fsp3) is 0.412. The van der Waals surface area contributed by atoms with Gasteiger partial charge in [-0.1, -0.05) is 55.1 Å². The molecule has 1 aliphatic rings. The zero-order chi connectivity index (χ0) is 29.4. The number of hydrogen-bond acceptors (Lipinski definition) is 6. The fourth-order valence-electron chi connectivity index (χ4n) is 5.90. The lowest BCUT2D eigenvalue weighted by Crippen LogP contribution is -2.35. The van der Waals surface area contributed by atoms with E-state index in [1.807, 2.05) is 53.4 Å². The van der Waals surface area contributed by atoms with E-state index in [0.717, 1.165) is 60.0 Å². The second-order valence-corrected chi connectivity index (χ2v) is 11.8. The molecule has 0 spiro atoms. The third kappa shape index (κ3) is 6.72. The lowest BCUT2D eigenvalue weighted by molar-refractivity contribution is -0.116. The fourth-order valence-corrected chi connectivity index (χ4v) is 7.13. The Morgan fingerprint density at radius 2 is 1.90 bits per heavy atom. The van der Waals surface area contributed by atoms with Gasteiger partial charge in [0.25, 0.3) is 0 Å². The smallest absolute Gasteiger partial charge is 0.223 e. The molecule has 2 unspecified atom stereocenters. The number of ether oxygens (including phenoxy) is 2. The molecule has 0 radical (unpaired) electrons. The van der Waals surface area contributed by atoms with Crippen molar-refractivity contribution in [2.45, 2.75) is 62.1 Å². The summed E-state index contributed by atoms with van der Waals surface area (Å²) >= 11 is 1.61. The maximum Gasteiger partial charge on any atom is 0.223 e. The summed E-state index contributed by atoms with van der Waals surface area (Å²) in [6.07, 6.45) is 3.40. The van der Waals surface area contributed by atoms with Gasteiger partial charge in [-0.25, -0.2) is 0 Å². The van der Waals surface area contributed by atoms with E-state index in [0.29, 0.717) is 13.0 Å². The van der Waals surface area contributed by atoms with Crippen molar-refractivity contribution in [1.82, 2.24) is 4.90 Å². The van der Waals surface area contributed by atoms with E-state index in [1.165, 1.54) is 11.1 Å². The highest BCUT2D eigenvalue weighted by molar-refractivity contribution is 8.00. The Hall–Kier alpha value is -3.47. The summed E-state index contributed by atoms with van der Waals surface area (Å²) in [5.74, 6) is 1.55. The first-order valence-electron chi connectivity index (χ1n) is 14.4. The van der Waals surface area contributed by atoms with Crippen LogP contribution in [0.1, 0.15) is 62.8 Å².